The molecule has 1 fully saturated rings. The summed E-state index contributed by atoms with van der Waals surface area (Å²) >= 11 is 1.71. The molecule has 5 rings (SSSR count). The summed E-state index contributed by atoms with van der Waals surface area (Å²) in [5, 5.41) is 0. The predicted octanol–water partition coefficient (Wildman–Crippen LogP) is 2.94. The number of imidazole rings is 1. The van der Waals surface area contributed by atoms with Crippen molar-refractivity contribution in [2.75, 3.05) is 11.4 Å². The molecular formula is C16H17N5S. The molecule has 3 aromatic heterocycles. The Bertz CT molecular complexity index is 836. The lowest BCUT2D eigenvalue weighted by Crippen LogP contribution is -2.46. The summed E-state index contributed by atoms with van der Waals surface area (Å²) in [5.74, 6) is 0.917. The van der Waals surface area contributed by atoms with Gasteiger partial charge in [-0.2, -0.15) is 0 Å². The average molecular weight is 311 g/mol. The van der Waals surface area contributed by atoms with Gasteiger partial charge in [0.25, 0.3) is 0 Å². The van der Waals surface area contributed by atoms with Crippen LogP contribution < -0.4 is 4.90 Å². The maximum absolute atomic E-state index is 4.95. The van der Waals surface area contributed by atoms with Crippen molar-refractivity contribution in [1.82, 2.24) is 19.4 Å². The van der Waals surface area contributed by atoms with E-state index in [2.05, 4.69) is 27.4 Å². The van der Waals surface area contributed by atoms with Crippen LogP contribution in [-0.2, 0) is 12.8 Å². The van der Waals surface area contributed by atoms with E-state index < -0.39 is 0 Å². The van der Waals surface area contributed by atoms with Crippen molar-refractivity contribution in [3.8, 4) is 10.6 Å². The van der Waals surface area contributed by atoms with E-state index in [-0.39, 0.29) is 0 Å². The monoisotopic (exact) mass is 311 g/mol. The largest absolute Gasteiger partial charge is 0.338 e. The van der Waals surface area contributed by atoms with Gasteiger partial charge in [-0.3, -0.25) is 4.40 Å². The number of aryl methyl sites for hydroxylation is 1. The molecule has 0 spiro atoms. The molecule has 0 aromatic carbocycles. The Morgan fingerprint density at radius 2 is 2.23 bits per heavy atom. The Balaban J connectivity index is 1.68. The van der Waals surface area contributed by atoms with Gasteiger partial charge in [-0.15, -0.1) is 0 Å². The van der Waals surface area contributed by atoms with E-state index in [4.69, 9.17) is 9.97 Å². The molecule has 5 nitrogen and oxygen atoms in total. The highest BCUT2D eigenvalue weighted by atomic mass is 32.1. The first-order valence-corrected chi connectivity index (χ1v) is 8.70. The fourth-order valence-electron chi connectivity index (χ4n) is 3.40. The standard InChI is InChI=1S/C16H17N5S/c1-10-5-7-21(10)15-18-12-4-2-3-11(12)14(19-15)13-9-20-8-6-17-16(20)22-13/h6,8-10H,2-5,7H2,1H3/t10-/m0/s1. The molecule has 3 aromatic rings. The third-order valence-corrected chi connectivity index (χ3v) is 5.84. The molecule has 1 saturated heterocycles. The second-order valence-electron chi connectivity index (χ2n) is 6.19. The lowest BCUT2D eigenvalue weighted by molar-refractivity contribution is 0.470. The van der Waals surface area contributed by atoms with E-state index in [9.17, 15) is 0 Å². The molecule has 22 heavy (non-hydrogen) atoms. The molecule has 112 valence electrons. The zero-order chi connectivity index (χ0) is 14.7. The van der Waals surface area contributed by atoms with Crippen LogP contribution in [0.25, 0.3) is 15.5 Å². The molecule has 1 aliphatic carbocycles. The number of thiazole rings is 1. The number of nitrogens with zero attached hydrogens (tertiary/aromatic N) is 5. The first-order chi connectivity index (χ1) is 10.8. The minimum atomic E-state index is 0.563. The molecule has 0 bridgehead atoms. The summed E-state index contributed by atoms with van der Waals surface area (Å²) in [7, 11) is 0. The Kier molecular flexibility index (Phi) is 2.59. The van der Waals surface area contributed by atoms with Crippen molar-refractivity contribution >= 4 is 22.2 Å². The van der Waals surface area contributed by atoms with Gasteiger partial charge in [0.05, 0.1) is 10.6 Å². The van der Waals surface area contributed by atoms with Gasteiger partial charge >= 0.3 is 0 Å². The van der Waals surface area contributed by atoms with Gasteiger partial charge in [-0.1, -0.05) is 11.3 Å². The van der Waals surface area contributed by atoms with E-state index in [1.807, 2.05) is 12.4 Å². The highest BCUT2D eigenvalue weighted by molar-refractivity contribution is 7.20. The van der Waals surface area contributed by atoms with E-state index in [1.165, 1.54) is 29.0 Å². The summed E-state index contributed by atoms with van der Waals surface area (Å²) in [4.78, 5) is 18.7. The summed E-state index contributed by atoms with van der Waals surface area (Å²) < 4.78 is 2.08. The second kappa shape index (κ2) is 4.52. The summed E-state index contributed by atoms with van der Waals surface area (Å²) in [6.45, 7) is 3.33. The third-order valence-electron chi connectivity index (χ3n) is 4.82. The minimum Gasteiger partial charge on any atom is -0.338 e. The predicted molar refractivity (Wildman–Crippen MR) is 87.5 cm³/mol. The Labute approximate surface area is 132 Å². The van der Waals surface area contributed by atoms with Crippen LogP contribution in [0.4, 0.5) is 5.95 Å². The van der Waals surface area contributed by atoms with Crippen molar-refractivity contribution < 1.29 is 0 Å². The number of fused-ring (bicyclic) bond motifs is 2. The van der Waals surface area contributed by atoms with Crippen molar-refractivity contribution in [3.05, 3.63) is 29.8 Å². The Morgan fingerprint density at radius 3 is 3.00 bits per heavy atom. The Hall–Kier alpha value is -1.95. The molecule has 6 heteroatoms. The molecule has 0 amide bonds. The van der Waals surface area contributed by atoms with Gasteiger partial charge in [-0.25, -0.2) is 15.0 Å². The average Bonchev–Trinajstić information content (AvgIpc) is 3.19. The molecule has 0 radical (unpaired) electrons. The molecule has 1 aliphatic heterocycles. The van der Waals surface area contributed by atoms with E-state index in [1.54, 1.807) is 11.3 Å². The SMILES string of the molecule is C[C@H]1CCN1c1nc2c(c(-c3cn4ccnc4s3)n1)CCC2. The first kappa shape index (κ1) is 12.6. The van der Waals surface area contributed by atoms with Crippen molar-refractivity contribution in [2.45, 2.75) is 38.6 Å². The number of aromatic nitrogens is 4. The maximum atomic E-state index is 4.95. The fraction of sp³-hybridized carbons (Fsp3) is 0.438. The minimum absolute atomic E-state index is 0.563. The van der Waals surface area contributed by atoms with Crippen LogP contribution in [0, 0.1) is 0 Å². The molecule has 0 saturated carbocycles. The van der Waals surface area contributed by atoms with Gasteiger partial charge in [0, 0.05) is 42.4 Å². The van der Waals surface area contributed by atoms with Crippen molar-refractivity contribution in [1.29, 1.82) is 0 Å². The van der Waals surface area contributed by atoms with Crippen LogP contribution in [0.5, 0.6) is 0 Å². The lowest BCUT2D eigenvalue weighted by Gasteiger charge is -2.39. The number of hydrogen-bond donors (Lipinski definition) is 0. The summed E-state index contributed by atoms with van der Waals surface area (Å²) in [5.41, 5.74) is 3.73. The number of anilines is 1. The van der Waals surface area contributed by atoms with E-state index in [0.717, 1.165) is 36.0 Å². The van der Waals surface area contributed by atoms with E-state index >= 15 is 0 Å². The molecule has 0 N–H and O–H groups in total. The quantitative estimate of drug-likeness (QED) is 0.730. The molecular weight excluding hydrogens is 294 g/mol. The van der Waals surface area contributed by atoms with Crippen LogP contribution in [-0.4, -0.2) is 31.9 Å². The smallest absolute Gasteiger partial charge is 0.226 e. The number of hydrogen-bond acceptors (Lipinski definition) is 5. The molecule has 4 heterocycles. The zero-order valence-electron chi connectivity index (χ0n) is 12.5. The molecule has 1 atom stereocenters. The lowest BCUT2D eigenvalue weighted by atomic mass is 10.1. The normalized spacial score (nSPS) is 20.4. The van der Waals surface area contributed by atoms with Crippen LogP contribution in [0.15, 0.2) is 18.6 Å². The van der Waals surface area contributed by atoms with Crippen LogP contribution in [0.2, 0.25) is 0 Å². The van der Waals surface area contributed by atoms with Crippen molar-refractivity contribution in [2.24, 2.45) is 0 Å². The number of rotatable bonds is 2. The maximum Gasteiger partial charge on any atom is 0.226 e. The van der Waals surface area contributed by atoms with E-state index in [0.29, 0.717) is 6.04 Å². The zero-order valence-corrected chi connectivity index (χ0v) is 13.3. The third kappa shape index (κ3) is 1.73. The van der Waals surface area contributed by atoms with Gasteiger partial charge in [0.1, 0.15) is 0 Å². The second-order valence-corrected chi connectivity index (χ2v) is 7.20. The van der Waals surface area contributed by atoms with Gasteiger partial charge in [-0.05, 0) is 32.6 Å². The summed E-state index contributed by atoms with van der Waals surface area (Å²) in [6, 6.07) is 0.563. The highest BCUT2D eigenvalue weighted by Crippen LogP contribution is 2.36. The molecule has 0 unspecified atom stereocenters. The van der Waals surface area contributed by atoms with Gasteiger partial charge < -0.3 is 4.90 Å². The topological polar surface area (TPSA) is 46.3 Å². The van der Waals surface area contributed by atoms with Crippen LogP contribution >= 0.6 is 11.3 Å². The Morgan fingerprint density at radius 1 is 1.27 bits per heavy atom. The first-order valence-electron chi connectivity index (χ1n) is 7.89. The highest BCUT2D eigenvalue weighted by Gasteiger charge is 2.29. The fourth-order valence-corrected chi connectivity index (χ4v) is 4.36. The summed E-state index contributed by atoms with van der Waals surface area (Å²) in [6.07, 6.45) is 10.6. The van der Waals surface area contributed by atoms with Crippen LogP contribution in [0.1, 0.15) is 31.0 Å². The molecule has 2 aliphatic rings. The van der Waals surface area contributed by atoms with Gasteiger partial charge in [0.15, 0.2) is 4.96 Å². The van der Waals surface area contributed by atoms with Crippen LogP contribution in [0.3, 0.4) is 0 Å². The van der Waals surface area contributed by atoms with Gasteiger partial charge in [0.2, 0.25) is 5.95 Å². The van der Waals surface area contributed by atoms with Crippen molar-refractivity contribution in [3.63, 3.8) is 0 Å².